The zero-order valence-corrected chi connectivity index (χ0v) is 8.01. The van der Waals surface area contributed by atoms with Crippen molar-refractivity contribution in [2.75, 3.05) is 13.6 Å². The molecule has 68 valence electrons. The largest absolute Gasteiger partial charge is 0.346 e. The molecule has 0 spiro atoms. The van der Waals surface area contributed by atoms with Gasteiger partial charge in [0.2, 0.25) is 5.91 Å². The Bertz CT molecular complexity index is 205. The molecule has 0 aromatic heterocycles. The van der Waals surface area contributed by atoms with Gasteiger partial charge in [-0.25, -0.2) is 0 Å². The zero-order valence-electron chi connectivity index (χ0n) is 7.12. The molecule has 1 rings (SSSR count). The maximum absolute atomic E-state index is 11.4. The maximum Gasteiger partial charge on any atom is 0.225 e. The third kappa shape index (κ3) is 2.24. The lowest BCUT2D eigenvalue weighted by atomic mass is 9.95. The average Bonchev–Trinajstić information content (AvgIpc) is 1.98. The second-order valence-corrected chi connectivity index (χ2v) is 3.70. The number of nitrogens with zero attached hydrogens (tertiary/aromatic N) is 1. The zero-order chi connectivity index (χ0) is 9.14. The van der Waals surface area contributed by atoms with Gasteiger partial charge in [0.15, 0.2) is 5.12 Å². The van der Waals surface area contributed by atoms with E-state index in [1.54, 1.807) is 11.9 Å². The maximum atomic E-state index is 11.4. The molecule has 1 saturated heterocycles. The normalized spacial score (nSPS) is 24.3. The summed E-state index contributed by atoms with van der Waals surface area (Å²) in [6.45, 7) is 0.816. The SMILES string of the molecule is CN1CCCC(CC(=O)S)C1=O. The van der Waals surface area contributed by atoms with Gasteiger partial charge in [-0.1, -0.05) is 0 Å². The summed E-state index contributed by atoms with van der Waals surface area (Å²) in [5.74, 6) is -0.0302. The standard InChI is InChI=1S/C8H13NO2S/c1-9-4-2-3-6(8(9)11)5-7(10)12/h6H,2-5H2,1H3,(H,10,12). The van der Waals surface area contributed by atoms with E-state index in [1.807, 2.05) is 0 Å². The highest BCUT2D eigenvalue weighted by atomic mass is 32.1. The number of amides is 1. The van der Waals surface area contributed by atoms with Crippen LogP contribution in [-0.4, -0.2) is 29.5 Å². The van der Waals surface area contributed by atoms with Gasteiger partial charge >= 0.3 is 0 Å². The third-order valence-corrected chi connectivity index (χ3v) is 2.38. The first kappa shape index (κ1) is 9.58. The number of carbonyl (C=O) groups is 2. The second-order valence-electron chi connectivity index (χ2n) is 3.20. The van der Waals surface area contributed by atoms with E-state index in [2.05, 4.69) is 12.6 Å². The van der Waals surface area contributed by atoms with Gasteiger partial charge in [0.1, 0.15) is 0 Å². The molecule has 0 bridgehead atoms. The Hall–Kier alpha value is -0.510. The summed E-state index contributed by atoms with van der Waals surface area (Å²) in [7, 11) is 1.78. The van der Waals surface area contributed by atoms with Gasteiger partial charge in [0.05, 0.1) is 0 Å². The summed E-state index contributed by atoms with van der Waals surface area (Å²) >= 11 is 3.67. The molecule has 0 radical (unpaired) electrons. The second kappa shape index (κ2) is 3.94. The summed E-state index contributed by atoms with van der Waals surface area (Å²) < 4.78 is 0. The topological polar surface area (TPSA) is 37.4 Å². The predicted molar refractivity (Wildman–Crippen MR) is 49.0 cm³/mol. The molecule has 3 nitrogen and oxygen atoms in total. The van der Waals surface area contributed by atoms with E-state index in [1.165, 1.54) is 0 Å². The van der Waals surface area contributed by atoms with Gasteiger partial charge in [-0.05, 0) is 12.8 Å². The van der Waals surface area contributed by atoms with Crippen LogP contribution < -0.4 is 0 Å². The Morgan fingerprint density at radius 3 is 3.00 bits per heavy atom. The van der Waals surface area contributed by atoms with Gasteiger partial charge in [0.25, 0.3) is 0 Å². The molecule has 12 heavy (non-hydrogen) atoms. The van der Waals surface area contributed by atoms with E-state index < -0.39 is 0 Å². The molecule has 1 unspecified atom stereocenters. The van der Waals surface area contributed by atoms with Crippen LogP contribution >= 0.6 is 12.6 Å². The van der Waals surface area contributed by atoms with Crippen LogP contribution in [0.25, 0.3) is 0 Å². The van der Waals surface area contributed by atoms with Crippen LogP contribution in [0.1, 0.15) is 19.3 Å². The molecule has 1 aliphatic rings. The van der Waals surface area contributed by atoms with Crippen molar-refractivity contribution in [3.8, 4) is 0 Å². The van der Waals surface area contributed by atoms with E-state index in [0.29, 0.717) is 0 Å². The van der Waals surface area contributed by atoms with E-state index in [4.69, 9.17) is 0 Å². The summed E-state index contributed by atoms with van der Waals surface area (Å²) in [4.78, 5) is 23.7. The highest BCUT2D eigenvalue weighted by Gasteiger charge is 2.27. The van der Waals surface area contributed by atoms with Crippen LogP contribution in [0.4, 0.5) is 0 Å². The number of thiol groups is 1. The van der Waals surface area contributed by atoms with Crippen molar-refractivity contribution >= 4 is 23.7 Å². The van der Waals surface area contributed by atoms with Crippen LogP contribution in [0, 0.1) is 5.92 Å². The number of hydrogen-bond acceptors (Lipinski definition) is 2. The minimum atomic E-state index is -0.191. The highest BCUT2D eigenvalue weighted by molar-refractivity contribution is 7.96. The van der Waals surface area contributed by atoms with Gasteiger partial charge in [-0.3, -0.25) is 9.59 Å². The van der Waals surface area contributed by atoms with Gasteiger partial charge in [-0.15, -0.1) is 12.6 Å². The quantitative estimate of drug-likeness (QED) is 0.646. The van der Waals surface area contributed by atoms with Crippen LogP contribution in [0.5, 0.6) is 0 Å². The monoisotopic (exact) mass is 187 g/mol. The Balaban J connectivity index is 2.52. The van der Waals surface area contributed by atoms with E-state index >= 15 is 0 Å². The summed E-state index contributed by atoms with van der Waals surface area (Å²) in [6, 6.07) is 0. The molecule has 0 aromatic carbocycles. The van der Waals surface area contributed by atoms with Gasteiger partial charge < -0.3 is 4.90 Å². The Labute approximate surface area is 77.5 Å². The molecule has 0 N–H and O–H groups in total. The first-order valence-corrected chi connectivity index (χ1v) is 4.52. The predicted octanol–water partition coefficient (Wildman–Crippen LogP) is 0.701. The van der Waals surface area contributed by atoms with Crippen LogP contribution in [0.3, 0.4) is 0 Å². The molecular formula is C8H13NO2S. The fourth-order valence-corrected chi connectivity index (χ4v) is 1.74. The van der Waals surface area contributed by atoms with Crippen molar-refractivity contribution in [3.63, 3.8) is 0 Å². The Kier molecular flexibility index (Phi) is 3.14. The van der Waals surface area contributed by atoms with Crippen molar-refractivity contribution < 1.29 is 9.59 Å². The Morgan fingerprint density at radius 1 is 1.75 bits per heavy atom. The minimum Gasteiger partial charge on any atom is -0.346 e. The van der Waals surface area contributed by atoms with Crippen molar-refractivity contribution in [2.45, 2.75) is 19.3 Å². The number of carbonyl (C=O) groups excluding carboxylic acids is 2. The summed E-state index contributed by atoms with van der Waals surface area (Å²) in [5.41, 5.74) is 0. The lowest BCUT2D eigenvalue weighted by molar-refractivity contribution is -0.138. The third-order valence-electron chi connectivity index (χ3n) is 2.19. The number of rotatable bonds is 2. The van der Waals surface area contributed by atoms with E-state index in [9.17, 15) is 9.59 Å². The Morgan fingerprint density at radius 2 is 2.42 bits per heavy atom. The van der Waals surface area contributed by atoms with Gasteiger partial charge in [0, 0.05) is 25.9 Å². The van der Waals surface area contributed by atoms with Crippen molar-refractivity contribution in [3.05, 3.63) is 0 Å². The fraction of sp³-hybridized carbons (Fsp3) is 0.750. The first-order chi connectivity index (χ1) is 5.61. The summed E-state index contributed by atoms with van der Waals surface area (Å²) in [6.07, 6.45) is 2.11. The fourth-order valence-electron chi connectivity index (χ4n) is 1.52. The van der Waals surface area contributed by atoms with Crippen molar-refractivity contribution in [2.24, 2.45) is 5.92 Å². The smallest absolute Gasteiger partial charge is 0.225 e. The van der Waals surface area contributed by atoms with E-state index in [0.717, 1.165) is 19.4 Å². The van der Waals surface area contributed by atoms with Crippen LogP contribution in [0.2, 0.25) is 0 Å². The van der Waals surface area contributed by atoms with Crippen molar-refractivity contribution in [1.82, 2.24) is 4.90 Å². The molecular weight excluding hydrogens is 174 g/mol. The number of piperidine rings is 1. The molecule has 1 fully saturated rings. The van der Waals surface area contributed by atoms with Gasteiger partial charge in [-0.2, -0.15) is 0 Å². The number of likely N-dealkylation sites (tertiary alicyclic amines) is 1. The number of hydrogen-bond donors (Lipinski definition) is 1. The average molecular weight is 187 g/mol. The molecule has 0 saturated carbocycles. The molecule has 1 aliphatic heterocycles. The molecule has 1 heterocycles. The van der Waals surface area contributed by atoms with Crippen molar-refractivity contribution in [1.29, 1.82) is 0 Å². The molecule has 1 atom stereocenters. The molecule has 0 aromatic rings. The lowest BCUT2D eigenvalue weighted by Gasteiger charge is -2.28. The van der Waals surface area contributed by atoms with Crippen LogP contribution in [0.15, 0.2) is 0 Å². The van der Waals surface area contributed by atoms with E-state index in [-0.39, 0.29) is 23.4 Å². The lowest BCUT2D eigenvalue weighted by Crippen LogP contribution is -2.38. The summed E-state index contributed by atoms with van der Waals surface area (Å²) in [5, 5.41) is -0.191. The molecule has 4 heteroatoms. The minimum absolute atomic E-state index is 0.0867. The van der Waals surface area contributed by atoms with Crippen LogP contribution in [-0.2, 0) is 9.59 Å². The highest BCUT2D eigenvalue weighted by Crippen LogP contribution is 2.20. The first-order valence-electron chi connectivity index (χ1n) is 4.08. The molecule has 0 aliphatic carbocycles. The molecule has 1 amide bonds.